The summed E-state index contributed by atoms with van der Waals surface area (Å²) in [6.07, 6.45) is 9.02. The third kappa shape index (κ3) is 3.51. The Bertz CT molecular complexity index is 1200. The molecule has 0 amide bonds. The predicted molar refractivity (Wildman–Crippen MR) is 127 cm³/mol. The first kappa shape index (κ1) is 20.8. The van der Waals surface area contributed by atoms with Crippen LogP contribution in [0, 0.1) is 17.2 Å². The van der Waals surface area contributed by atoms with Gasteiger partial charge in [-0.1, -0.05) is 25.3 Å². The molecule has 2 aromatic heterocycles. The number of thiophene rings is 1. The summed E-state index contributed by atoms with van der Waals surface area (Å²) in [6.45, 7) is 1.33. The fourth-order valence-electron chi connectivity index (χ4n) is 5.04. The second-order valence-electron chi connectivity index (χ2n) is 8.72. The van der Waals surface area contributed by atoms with Crippen molar-refractivity contribution in [2.75, 3.05) is 30.8 Å². The van der Waals surface area contributed by atoms with Crippen molar-refractivity contribution in [3.8, 4) is 16.5 Å². The summed E-state index contributed by atoms with van der Waals surface area (Å²) in [6, 6.07) is 9.10. The average Bonchev–Trinajstić information content (AvgIpc) is 3.55. The number of methoxy groups -OCH3 is 1. The molecule has 0 radical (unpaired) electrons. The second-order valence-corrected chi connectivity index (χ2v) is 9.72. The zero-order valence-electron chi connectivity index (χ0n) is 18.2. The Morgan fingerprint density at radius 1 is 1.28 bits per heavy atom. The number of rotatable bonds is 4. The van der Waals surface area contributed by atoms with Gasteiger partial charge in [0.1, 0.15) is 10.6 Å². The molecule has 5 rings (SSSR count). The normalized spacial score (nSPS) is 19.4. The standard InChI is InChI=1S/C24H27N5O2S/c1-31-24(30)20-21(26)22(32-23(20)28-10-9-15(12-25)13-28)16-7-8-19-18(11-16)27-14-29(19)17-5-3-2-4-6-17/h7-8,11,14-15,17H,2-6,9-10,13,26H2,1H3. The van der Waals surface area contributed by atoms with E-state index in [9.17, 15) is 10.1 Å². The Hall–Kier alpha value is -3.05. The van der Waals surface area contributed by atoms with E-state index in [0.717, 1.165) is 39.4 Å². The third-order valence-electron chi connectivity index (χ3n) is 6.78. The van der Waals surface area contributed by atoms with Gasteiger partial charge in [0, 0.05) is 19.1 Å². The molecule has 1 aromatic carbocycles. The molecule has 1 aliphatic heterocycles. The van der Waals surface area contributed by atoms with Crippen LogP contribution < -0.4 is 10.6 Å². The minimum Gasteiger partial charge on any atom is -0.465 e. The van der Waals surface area contributed by atoms with Crippen LogP contribution in [-0.4, -0.2) is 35.7 Å². The summed E-state index contributed by atoms with van der Waals surface area (Å²) in [5.74, 6) is -0.476. The first-order chi connectivity index (χ1) is 15.6. The second kappa shape index (κ2) is 8.47. The van der Waals surface area contributed by atoms with Crippen molar-refractivity contribution < 1.29 is 9.53 Å². The number of aromatic nitrogens is 2. The summed E-state index contributed by atoms with van der Waals surface area (Å²) in [4.78, 5) is 20.2. The molecule has 2 fully saturated rings. The number of benzene rings is 1. The molecule has 1 unspecified atom stereocenters. The van der Waals surface area contributed by atoms with Gasteiger partial charge in [0.05, 0.1) is 47.0 Å². The SMILES string of the molecule is COC(=O)c1c(N2CCC(C#N)C2)sc(-c2ccc3c(c2)ncn3C2CCCCC2)c1N. The highest BCUT2D eigenvalue weighted by Crippen LogP contribution is 2.46. The molecule has 32 heavy (non-hydrogen) atoms. The molecule has 2 aliphatic rings. The van der Waals surface area contributed by atoms with Crippen molar-refractivity contribution in [2.24, 2.45) is 5.92 Å². The lowest BCUT2D eigenvalue weighted by atomic mass is 9.95. The van der Waals surface area contributed by atoms with Gasteiger partial charge in [0.15, 0.2) is 0 Å². The van der Waals surface area contributed by atoms with Crippen molar-refractivity contribution in [1.82, 2.24) is 9.55 Å². The topological polar surface area (TPSA) is 97.2 Å². The van der Waals surface area contributed by atoms with Gasteiger partial charge in [0.25, 0.3) is 0 Å². The number of ether oxygens (including phenoxy) is 1. The van der Waals surface area contributed by atoms with Crippen molar-refractivity contribution in [1.29, 1.82) is 5.26 Å². The highest BCUT2D eigenvalue weighted by Gasteiger charge is 2.31. The van der Waals surface area contributed by atoms with Crippen LogP contribution in [0.5, 0.6) is 0 Å². The van der Waals surface area contributed by atoms with E-state index < -0.39 is 5.97 Å². The van der Waals surface area contributed by atoms with Crippen molar-refractivity contribution in [2.45, 2.75) is 44.6 Å². The average molecular weight is 450 g/mol. The molecule has 2 N–H and O–H groups in total. The summed E-state index contributed by atoms with van der Waals surface area (Å²) in [5.41, 5.74) is 10.4. The number of nitrogens with two attached hydrogens (primary N) is 1. The first-order valence-corrected chi connectivity index (χ1v) is 12.0. The van der Waals surface area contributed by atoms with Gasteiger partial charge in [-0.3, -0.25) is 0 Å². The molecule has 8 heteroatoms. The lowest BCUT2D eigenvalue weighted by molar-refractivity contribution is 0.0603. The highest BCUT2D eigenvalue weighted by molar-refractivity contribution is 7.20. The monoisotopic (exact) mass is 449 g/mol. The number of carbonyl (C=O) groups excluding carboxylic acids is 1. The van der Waals surface area contributed by atoms with E-state index in [1.807, 2.05) is 6.33 Å². The number of nitrogens with zero attached hydrogens (tertiary/aromatic N) is 4. The van der Waals surface area contributed by atoms with Crippen LogP contribution in [0.2, 0.25) is 0 Å². The summed E-state index contributed by atoms with van der Waals surface area (Å²) in [7, 11) is 1.37. The zero-order chi connectivity index (χ0) is 22.2. The Morgan fingerprint density at radius 2 is 2.09 bits per heavy atom. The maximum atomic E-state index is 12.6. The van der Waals surface area contributed by atoms with E-state index in [2.05, 4.69) is 38.7 Å². The maximum absolute atomic E-state index is 12.6. The van der Waals surface area contributed by atoms with Gasteiger partial charge < -0.3 is 19.9 Å². The molecule has 3 aromatic rings. The lowest BCUT2D eigenvalue weighted by Crippen LogP contribution is -2.21. The quantitative estimate of drug-likeness (QED) is 0.564. The Labute approximate surface area is 191 Å². The van der Waals surface area contributed by atoms with E-state index >= 15 is 0 Å². The minimum absolute atomic E-state index is 0.0348. The number of nitrogen functional groups attached to an aromatic ring is 1. The Morgan fingerprint density at radius 3 is 2.81 bits per heavy atom. The van der Waals surface area contributed by atoms with Crippen LogP contribution in [0.25, 0.3) is 21.5 Å². The van der Waals surface area contributed by atoms with Crippen molar-refractivity contribution >= 4 is 39.0 Å². The fraction of sp³-hybridized carbons (Fsp3) is 0.458. The number of nitriles is 1. The van der Waals surface area contributed by atoms with Crippen LogP contribution in [0.15, 0.2) is 24.5 Å². The van der Waals surface area contributed by atoms with Gasteiger partial charge in [0.2, 0.25) is 0 Å². The van der Waals surface area contributed by atoms with Crippen LogP contribution in [0.4, 0.5) is 10.7 Å². The summed E-state index contributed by atoms with van der Waals surface area (Å²) in [5, 5.41) is 10.1. The number of hydrogen-bond donors (Lipinski definition) is 1. The molecule has 3 heterocycles. The molecule has 0 bridgehead atoms. The van der Waals surface area contributed by atoms with Crippen LogP contribution in [0.1, 0.15) is 54.9 Å². The van der Waals surface area contributed by atoms with E-state index in [0.29, 0.717) is 23.8 Å². The molecule has 1 saturated carbocycles. The number of esters is 1. The highest BCUT2D eigenvalue weighted by atomic mass is 32.1. The maximum Gasteiger partial charge on any atom is 0.343 e. The van der Waals surface area contributed by atoms with Gasteiger partial charge >= 0.3 is 5.97 Å². The van der Waals surface area contributed by atoms with Crippen LogP contribution in [-0.2, 0) is 4.74 Å². The molecule has 166 valence electrons. The molecule has 1 saturated heterocycles. The first-order valence-electron chi connectivity index (χ1n) is 11.2. The van der Waals surface area contributed by atoms with Crippen LogP contribution in [0.3, 0.4) is 0 Å². The van der Waals surface area contributed by atoms with Gasteiger partial charge in [-0.15, -0.1) is 11.3 Å². The van der Waals surface area contributed by atoms with Crippen molar-refractivity contribution in [3.63, 3.8) is 0 Å². The van der Waals surface area contributed by atoms with Crippen LogP contribution >= 0.6 is 11.3 Å². The van der Waals surface area contributed by atoms with E-state index in [-0.39, 0.29) is 5.92 Å². The molecule has 1 aliphatic carbocycles. The molecule has 0 spiro atoms. The zero-order valence-corrected chi connectivity index (χ0v) is 19.0. The van der Waals surface area contributed by atoms with Gasteiger partial charge in [-0.2, -0.15) is 5.26 Å². The number of hydrogen-bond acceptors (Lipinski definition) is 7. The number of anilines is 2. The van der Waals surface area contributed by atoms with Gasteiger partial charge in [-0.25, -0.2) is 9.78 Å². The molecular weight excluding hydrogens is 422 g/mol. The fourth-order valence-corrected chi connectivity index (χ4v) is 6.28. The minimum atomic E-state index is -0.442. The Kier molecular flexibility index (Phi) is 5.51. The number of fused-ring (bicyclic) bond motifs is 1. The predicted octanol–water partition coefficient (Wildman–Crippen LogP) is 4.99. The number of carbonyl (C=O) groups is 1. The molecule has 7 nitrogen and oxygen atoms in total. The van der Waals surface area contributed by atoms with E-state index in [4.69, 9.17) is 10.5 Å². The van der Waals surface area contributed by atoms with E-state index in [1.54, 1.807) is 0 Å². The summed E-state index contributed by atoms with van der Waals surface area (Å²) < 4.78 is 7.35. The van der Waals surface area contributed by atoms with Crippen molar-refractivity contribution in [3.05, 3.63) is 30.1 Å². The number of imidazole rings is 1. The largest absolute Gasteiger partial charge is 0.465 e. The van der Waals surface area contributed by atoms with E-state index in [1.165, 1.54) is 50.6 Å². The van der Waals surface area contributed by atoms with Gasteiger partial charge in [-0.05, 0) is 37.0 Å². The summed E-state index contributed by atoms with van der Waals surface area (Å²) >= 11 is 1.49. The smallest absolute Gasteiger partial charge is 0.343 e. The molecular formula is C24H27N5O2S. The molecule has 1 atom stereocenters. The lowest BCUT2D eigenvalue weighted by Gasteiger charge is -2.23. The third-order valence-corrected chi connectivity index (χ3v) is 8.09. The Balaban J connectivity index is 1.54.